The first kappa shape index (κ1) is 13.3. The number of amides is 1. The van der Waals surface area contributed by atoms with Gasteiger partial charge in [0.2, 0.25) is 0 Å². The lowest BCUT2D eigenvalue weighted by molar-refractivity contribution is 0.0952. The number of methoxy groups -OCH3 is 1. The smallest absolute Gasteiger partial charge is 0.275 e. The Morgan fingerprint density at radius 1 is 1.26 bits per heavy atom. The maximum Gasteiger partial charge on any atom is 0.275 e. The second kappa shape index (κ2) is 6.15. The number of nitrogens with one attached hydrogen (secondary N) is 1. The van der Waals surface area contributed by atoms with Crippen LogP contribution in [0.2, 0.25) is 0 Å². The highest BCUT2D eigenvalue weighted by Gasteiger charge is 2.10. The number of carbonyl (C=O) groups is 1. The molecule has 98 valence electrons. The summed E-state index contributed by atoms with van der Waals surface area (Å²) in [5.74, 6) is 0.248. The molecule has 4 nitrogen and oxygen atoms in total. The van der Waals surface area contributed by atoms with Crippen LogP contribution in [0.5, 0.6) is 5.75 Å². The standard InChI is InChI=1S/C14H14N2O2S/c1-10(13-8-5-9-19-13)15-16-14(17)11-6-3-4-7-12(11)18-2/h3-9H,1-2H3,(H,16,17)/b15-10-. The van der Waals surface area contributed by atoms with Crippen molar-refractivity contribution in [2.24, 2.45) is 5.10 Å². The SMILES string of the molecule is COc1ccccc1C(=O)N/N=C(/C)c1cccs1. The van der Waals surface area contributed by atoms with E-state index in [-0.39, 0.29) is 5.91 Å². The molecular formula is C14H14N2O2S. The van der Waals surface area contributed by atoms with E-state index >= 15 is 0 Å². The number of hydrogen-bond donors (Lipinski definition) is 1. The van der Waals surface area contributed by atoms with Gasteiger partial charge in [0.25, 0.3) is 5.91 Å². The molecule has 0 unspecified atom stereocenters. The first-order valence-electron chi connectivity index (χ1n) is 5.74. The molecule has 0 fully saturated rings. The van der Waals surface area contributed by atoms with Crippen LogP contribution in [0.15, 0.2) is 46.9 Å². The van der Waals surface area contributed by atoms with Crippen LogP contribution in [0, 0.1) is 0 Å². The molecule has 0 atom stereocenters. The van der Waals surface area contributed by atoms with Crippen LogP contribution in [-0.2, 0) is 0 Å². The number of rotatable bonds is 4. The first-order valence-corrected chi connectivity index (χ1v) is 6.62. The summed E-state index contributed by atoms with van der Waals surface area (Å²) in [6.45, 7) is 1.86. The summed E-state index contributed by atoms with van der Waals surface area (Å²) in [7, 11) is 1.53. The molecule has 1 heterocycles. The molecule has 19 heavy (non-hydrogen) atoms. The number of benzene rings is 1. The molecule has 0 bridgehead atoms. The molecule has 2 rings (SSSR count). The summed E-state index contributed by atoms with van der Waals surface area (Å²) in [6.07, 6.45) is 0. The topological polar surface area (TPSA) is 50.7 Å². The average molecular weight is 274 g/mol. The Labute approximate surface area is 115 Å². The van der Waals surface area contributed by atoms with Gasteiger partial charge in [0.15, 0.2) is 0 Å². The molecule has 2 aromatic rings. The van der Waals surface area contributed by atoms with Crippen LogP contribution in [0.25, 0.3) is 0 Å². The molecule has 1 aromatic carbocycles. The Hall–Kier alpha value is -2.14. The summed E-state index contributed by atoms with van der Waals surface area (Å²) in [6, 6.07) is 10.9. The van der Waals surface area contributed by atoms with Gasteiger partial charge in [-0.25, -0.2) is 5.43 Å². The lowest BCUT2D eigenvalue weighted by atomic mass is 10.2. The average Bonchev–Trinajstić information content (AvgIpc) is 2.98. The molecular weight excluding hydrogens is 260 g/mol. The van der Waals surface area contributed by atoms with E-state index in [0.29, 0.717) is 11.3 Å². The van der Waals surface area contributed by atoms with Gasteiger partial charge < -0.3 is 4.74 Å². The van der Waals surface area contributed by atoms with E-state index in [9.17, 15) is 4.79 Å². The monoisotopic (exact) mass is 274 g/mol. The lowest BCUT2D eigenvalue weighted by Crippen LogP contribution is -2.19. The number of carbonyl (C=O) groups excluding carboxylic acids is 1. The highest BCUT2D eigenvalue weighted by Crippen LogP contribution is 2.17. The molecule has 0 aliphatic rings. The van der Waals surface area contributed by atoms with Crippen molar-refractivity contribution in [2.45, 2.75) is 6.92 Å². The van der Waals surface area contributed by atoms with Crippen LogP contribution in [0.3, 0.4) is 0 Å². The van der Waals surface area contributed by atoms with Crippen molar-refractivity contribution in [1.82, 2.24) is 5.43 Å². The zero-order chi connectivity index (χ0) is 13.7. The summed E-state index contributed by atoms with van der Waals surface area (Å²) in [5.41, 5.74) is 3.78. The highest BCUT2D eigenvalue weighted by atomic mass is 32.1. The Bertz CT molecular complexity index is 591. The van der Waals surface area contributed by atoms with Gasteiger partial charge in [0, 0.05) is 4.88 Å². The zero-order valence-corrected chi connectivity index (χ0v) is 11.5. The largest absolute Gasteiger partial charge is 0.496 e. The number of hydrogen-bond acceptors (Lipinski definition) is 4. The quantitative estimate of drug-likeness (QED) is 0.688. The van der Waals surface area contributed by atoms with Gasteiger partial charge in [-0.3, -0.25) is 4.79 Å². The number of thiophene rings is 1. The third kappa shape index (κ3) is 3.20. The van der Waals surface area contributed by atoms with Gasteiger partial charge in [-0.2, -0.15) is 5.10 Å². The predicted octanol–water partition coefficient (Wildman–Crippen LogP) is 2.91. The van der Waals surface area contributed by atoms with Crippen molar-refractivity contribution in [1.29, 1.82) is 0 Å². The fraction of sp³-hybridized carbons (Fsp3) is 0.143. The van der Waals surface area contributed by atoms with Crippen molar-refractivity contribution >= 4 is 23.0 Å². The van der Waals surface area contributed by atoms with E-state index in [4.69, 9.17) is 4.74 Å². The van der Waals surface area contributed by atoms with E-state index < -0.39 is 0 Å². The molecule has 0 aliphatic carbocycles. The van der Waals surface area contributed by atoms with Crippen LogP contribution >= 0.6 is 11.3 Å². The van der Waals surface area contributed by atoms with E-state index in [1.165, 1.54) is 7.11 Å². The molecule has 0 aliphatic heterocycles. The Balaban J connectivity index is 2.11. The number of nitrogens with zero attached hydrogens (tertiary/aromatic N) is 1. The number of ether oxygens (including phenoxy) is 1. The molecule has 1 amide bonds. The van der Waals surface area contributed by atoms with Crippen molar-refractivity contribution in [3.8, 4) is 5.75 Å². The van der Waals surface area contributed by atoms with Crippen molar-refractivity contribution in [3.63, 3.8) is 0 Å². The van der Waals surface area contributed by atoms with Gasteiger partial charge >= 0.3 is 0 Å². The molecule has 1 aromatic heterocycles. The molecule has 0 spiro atoms. The van der Waals surface area contributed by atoms with Crippen molar-refractivity contribution < 1.29 is 9.53 Å². The van der Waals surface area contributed by atoms with Crippen molar-refractivity contribution in [2.75, 3.05) is 7.11 Å². The van der Waals surface area contributed by atoms with E-state index in [1.807, 2.05) is 30.5 Å². The molecule has 1 N–H and O–H groups in total. The highest BCUT2D eigenvalue weighted by molar-refractivity contribution is 7.12. The molecule has 0 saturated heterocycles. The van der Waals surface area contributed by atoms with Crippen LogP contribution < -0.4 is 10.2 Å². The number of hydrazone groups is 1. The van der Waals surface area contributed by atoms with Gasteiger partial charge in [-0.05, 0) is 30.5 Å². The molecule has 0 saturated carbocycles. The van der Waals surface area contributed by atoms with Gasteiger partial charge in [0.1, 0.15) is 5.75 Å². The van der Waals surface area contributed by atoms with Crippen molar-refractivity contribution in [3.05, 3.63) is 52.2 Å². The molecule has 5 heteroatoms. The Kier molecular flexibility index (Phi) is 4.30. The normalized spacial score (nSPS) is 11.2. The van der Waals surface area contributed by atoms with Crippen LogP contribution in [0.4, 0.5) is 0 Å². The zero-order valence-electron chi connectivity index (χ0n) is 10.7. The van der Waals surface area contributed by atoms with Crippen LogP contribution in [-0.4, -0.2) is 18.7 Å². The maximum absolute atomic E-state index is 12.0. The summed E-state index contributed by atoms with van der Waals surface area (Å²) >= 11 is 1.58. The van der Waals surface area contributed by atoms with Crippen LogP contribution in [0.1, 0.15) is 22.2 Å². The Morgan fingerprint density at radius 2 is 2.05 bits per heavy atom. The molecule has 0 radical (unpaired) electrons. The van der Waals surface area contributed by atoms with Gasteiger partial charge in [-0.1, -0.05) is 18.2 Å². The van der Waals surface area contributed by atoms with Gasteiger partial charge in [-0.15, -0.1) is 11.3 Å². The predicted molar refractivity (Wildman–Crippen MR) is 77.0 cm³/mol. The third-order valence-corrected chi connectivity index (χ3v) is 3.53. The maximum atomic E-state index is 12.0. The lowest BCUT2D eigenvalue weighted by Gasteiger charge is -2.06. The summed E-state index contributed by atoms with van der Waals surface area (Å²) in [4.78, 5) is 13.0. The van der Waals surface area contributed by atoms with E-state index in [1.54, 1.807) is 29.5 Å². The third-order valence-electron chi connectivity index (χ3n) is 2.55. The fourth-order valence-corrected chi connectivity index (χ4v) is 2.24. The van der Waals surface area contributed by atoms with E-state index in [2.05, 4.69) is 10.5 Å². The number of para-hydroxylation sites is 1. The first-order chi connectivity index (χ1) is 9.22. The second-order valence-corrected chi connectivity index (χ2v) is 4.76. The summed E-state index contributed by atoms with van der Waals surface area (Å²) < 4.78 is 5.14. The summed E-state index contributed by atoms with van der Waals surface area (Å²) in [5, 5.41) is 6.06. The Morgan fingerprint density at radius 3 is 2.74 bits per heavy atom. The minimum Gasteiger partial charge on any atom is -0.496 e. The van der Waals surface area contributed by atoms with Gasteiger partial charge in [0.05, 0.1) is 18.4 Å². The minimum absolute atomic E-state index is 0.284. The minimum atomic E-state index is -0.284. The fourth-order valence-electron chi connectivity index (χ4n) is 1.57. The van der Waals surface area contributed by atoms with E-state index in [0.717, 1.165) is 10.6 Å². The second-order valence-electron chi connectivity index (χ2n) is 3.82.